The predicted molar refractivity (Wildman–Crippen MR) is 234 cm³/mol. The van der Waals surface area contributed by atoms with E-state index in [9.17, 15) is 0 Å². The Kier molecular flexibility index (Phi) is 8.70. The summed E-state index contributed by atoms with van der Waals surface area (Å²) in [6, 6.07) is 76.1. The van der Waals surface area contributed by atoms with E-state index in [1.807, 2.05) is 0 Å². The van der Waals surface area contributed by atoms with E-state index in [4.69, 9.17) is 4.42 Å². The van der Waals surface area contributed by atoms with Crippen LogP contribution in [0.25, 0.3) is 56.0 Å². The Balaban J connectivity index is 1.02. The van der Waals surface area contributed by atoms with Crippen LogP contribution in [0.15, 0.2) is 217 Å². The maximum atomic E-state index is 6.51. The summed E-state index contributed by atoms with van der Waals surface area (Å²) in [5, 5.41) is 2.36. The number of benzene rings is 8. The number of nitrogens with zero attached hydrogens (tertiary/aromatic N) is 1. The van der Waals surface area contributed by atoms with Crippen molar-refractivity contribution >= 4 is 39.7 Å². The van der Waals surface area contributed by atoms with Crippen molar-refractivity contribution in [3.8, 4) is 33.4 Å². The van der Waals surface area contributed by atoms with Crippen molar-refractivity contribution in [2.75, 3.05) is 4.90 Å². The molecule has 0 fully saturated rings. The molecule has 0 radical (unpaired) electrons. The van der Waals surface area contributed by atoms with Gasteiger partial charge in [-0.25, -0.2) is 0 Å². The topological polar surface area (TPSA) is 16.4 Å². The molecule has 1 aliphatic rings. The first kappa shape index (κ1) is 33.4. The molecule has 0 N–H and O–H groups in total. The number of hydrogen-bond acceptors (Lipinski definition) is 2. The summed E-state index contributed by atoms with van der Waals surface area (Å²) in [6.07, 6.45) is 3.29. The van der Waals surface area contributed by atoms with Crippen molar-refractivity contribution < 1.29 is 4.42 Å². The van der Waals surface area contributed by atoms with Gasteiger partial charge in [0.2, 0.25) is 0 Å². The molecule has 0 saturated carbocycles. The highest BCUT2D eigenvalue weighted by atomic mass is 16.3. The molecule has 266 valence electrons. The summed E-state index contributed by atoms with van der Waals surface area (Å²) in [7, 11) is 0. The Morgan fingerprint density at radius 1 is 0.393 bits per heavy atom. The number of fused-ring (bicyclic) bond motifs is 3. The second kappa shape index (κ2) is 14.6. The van der Waals surface area contributed by atoms with Gasteiger partial charge in [-0.2, -0.15) is 0 Å². The molecule has 0 aliphatic heterocycles. The third-order valence-corrected chi connectivity index (χ3v) is 11.0. The van der Waals surface area contributed by atoms with Crippen molar-refractivity contribution in [2.45, 2.75) is 12.3 Å². The van der Waals surface area contributed by atoms with Crippen molar-refractivity contribution in [1.82, 2.24) is 0 Å². The molecule has 0 saturated heterocycles. The maximum Gasteiger partial charge on any atom is 0.138 e. The molecular weight excluding hydrogens is 679 g/mol. The fourth-order valence-corrected chi connectivity index (χ4v) is 8.24. The molecule has 1 heterocycles. The van der Waals surface area contributed by atoms with Crippen molar-refractivity contribution in [3.05, 3.63) is 234 Å². The van der Waals surface area contributed by atoms with E-state index >= 15 is 0 Å². The highest BCUT2D eigenvalue weighted by Gasteiger charge is 2.22. The minimum atomic E-state index is 0.210. The Morgan fingerprint density at radius 2 is 0.893 bits per heavy atom. The Labute approximate surface area is 327 Å². The molecule has 1 atom stereocenters. The van der Waals surface area contributed by atoms with Crippen LogP contribution in [0, 0.1) is 0 Å². The van der Waals surface area contributed by atoms with Crippen LogP contribution in [0.5, 0.6) is 0 Å². The molecule has 1 aromatic heterocycles. The summed E-state index contributed by atoms with van der Waals surface area (Å²) in [6.45, 7) is 0. The minimum absolute atomic E-state index is 0.210. The Morgan fingerprint density at radius 3 is 1.52 bits per heavy atom. The lowest BCUT2D eigenvalue weighted by molar-refractivity contribution is 0.566. The molecule has 9 aromatic rings. The zero-order valence-electron chi connectivity index (χ0n) is 30.9. The van der Waals surface area contributed by atoms with E-state index in [-0.39, 0.29) is 5.92 Å². The maximum absolute atomic E-state index is 6.51. The Hall–Kier alpha value is -7.16. The van der Waals surface area contributed by atoms with Gasteiger partial charge in [0.05, 0.1) is 0 Å². The van der Waals surface area contributed by atoms with Gasteiger partial charge in [-0.1, -0.05) is 176 Å². The lowest BCUT2D eigenvalue weighted by Gasteiger charge is -2.27. The molecule has 1 aliphatic carbocycles. The first-order valence-electron chi connectivity index (χ1n) is 19.3. The van der Waals surface area contributed by atoms with Crippen LogP contribution in [-0.2, 0) is 0 Å². The lowest BCUT2D eigenvalue weighted by Crippen LogP contribution is -2.29. The van der Waals surface area contributed by atoms with E-state index < -0.39 is 0 Å². The fourth-order valence-electron chi connectivity index (χ4n) is 8.24. The average Bonchev–Trinajstić information content (AvgIpc) is 3.66. The van der Waals surface area contributed by atoms with Gasteiger partial charge in [-0.05, 0) is 93.4 Å². The average molecular weight is 718 g/mol. The Bertz CT molecular complexity index is 2840. The van der Waals surface area contributed by atoms with Crippen molar-refractivity contribution in [2.24, 2.45) is 0 Å². The van der Waals surface area contributed by atoms with Crippen LogP contribution in [-0.4, -0.2) is 0 Å². The summed E-state index contributed by atoms with van der Waals surface area (Å²) in [4.78, 5) is 2.36. The fraction of sp³-hybridized carbons (Fsp3) is 0.0370. The van der Waals surface area contributed by atoms with Crippen LogP contribution in [0.2, 0.25) is 0 Å². The molecule has 0 bridgehead atoms. The number of hydrogen-bond donors (Lipinski definition) is 0. The molecule has 56 heavy (non-hydrogen) atoms. The SMILES string of the molecule is C1=c2c(oc3ccccc23)=C(c2ccccc2)CC1c1cccc(-c2ccc(N(c3cccc(-c4ccccc4)c3)c3cccc(-c4ccccc4)c3)cc2)c1. The summed E-state index contributed by atoms with van der Waals surface area (Å²) in [5.74, 6) is 0.210. The first-order chi connectivity index (χ1) is 27.7. The zero-order chi connectivity index (χ0) is 37.3. The van der Waals surface area contributed by atoms with Crippen LogP contribution in [0.4, 0.5) is 17.1 Å². The molecule has 0 amide bonds. The summed E-state index contributed by atoms with van der Waals surface area (Å²) < 4.78 is 6.51. The van der Waals surface area contributed by atoms with Gasteiger partial charge in [0.25, 0.3) is 0 Å². The van der Waals surface area contributed by atoms with E-state index in [0.29, 0.717) is 0 Å². The van der Waals surface area contributed by atoms with Crippen molar-refractivity contribution in [3.63, 3.8) is 0 Å². The van der Waals surface area contributed by atoms with Gasteiger partial charge in [0.15, 0.2) is 0 Å². The highest BCUT2D eigenvalue weighted by molar-refractivity contribution is 5.85. The van der Waals surface area contributed by atoms with Gasteiger partial charge in [0.1, 0.15) is 11.0 Å². The van der Waals surface area contributed by atoms with Crippen molar-refractivity contribution in [1.29, 1.82) is 0 Å². The number of para-hydroxylation sites is 1. The quantitative estimate of drug-likeness (QED) is 0.156. The second-order valence-corrected chi connectivity index (χ2v) is 14.5. The minimum Gasteiger partial charge on any atom is -0.456 e. The van der Waals surface area contributed by atoms with Gasteiger partial charge in [-0.15, -0.1) is 0 Å². The smallest absolute Gasteiger partial charge is 0.138 e. The predicted octanol–water partition coefficient (Wildman–Crippen LogP) is 13.1. The van der Waals surface area contributed by atoms with Crippen LogP contribution < -0.4 is 15.5 Å². The summed E-state index contributed by atoms with van der Waals surface area (Å²) >= 11 is 0. The van der Waals surface area contributed by atoms with Crippen LogP contribution >= 0.6 is 0 Å². The molecule has 2 heteroatoms. The normalized spacial score (nSPS) is 13.6. The van der Waals surface area contributed by atoms with Crippen LogP contribution in [0.1, 0.15) is 23.5 Å². The van der Waals surface area contributed by atoms with E-state index in [1.165, 1.54) is 60.7 Å². The standard InChI is InChI=1S/C54H39NO/c1-4-15-38(16-5-1)44-23-13-25-48(34-44)55(49-26-14-24-45(35-49)39-17-6-2-7-18-39)47-31-29-40(30-32-47)42-21-12-22-43(33-42)46-36-51(41-19-8-3-9-20-41)54-52(37-46)50-27-10-11-28-53(50)56-54/h1-35,37,46H,36H2. The lowest BCUT2D eigenvalue weighted by atomic mass is 9.84. The van der Waals surface area contributed by atoms with Gasteiger partial charge >= 0.3 is 0 Å². The molecular formula is C54H39NO. The number of furan rings is 1. The van der Waals surface area contributed by atoms with Gasteiger partial charge < -0.3 is 9.32 Å². The molecule has 2 nitrogen and oxygen atoms in total. The van der Waals surface area contributed by atoms with E-state index in [2.05, 4.69) is 223 Å². The van der Waals surface area contributed by atoms with Gasteiger partial charge in [-0.3, -0.25) is 0 Å². The van der Waals surface area contributed by atoms with Gasteiger partial charge in [0, 0.05) is 39.2 Å². The van der Waals surface area contributed by atoms with Crippen LogP contribution in [0.3, 0.4) is 0 Å². The first-order valence-corrected chi connectivity index (χ1v) is 19.3. The zero-order valence-corrected chi connectivity index (χ0v) is 30.9. The second-order valence-electron chi connectivity index (χ2n) is 14.5. The molecule has 10 rings (SSSR count). The number of rotatable bonds is 8. The third kappa shape index (κ3) is 6.42. The number of anilines is 3. The molecule has 0 spiro atoms. The van der Waals surface area contributed by atoms with E-state index in [0.717, 1.165) is 34.5 Å². The monoisotopic (exact) mass is 717 g/mol. The van der Waals surface area contributed by atoms with E-state index in [1.54, 1.807) is 0 Å². The largest absolute Gasteiger partial charge is 0.456 e. The third-order valence-electron chi connectivity index (χ3n) is 11.0. The molecule has 8 aromatic carbocycles. The molecule has 1 unspecified atom stereocenters. The summed E-state index contributed by atoms with van der Waals surface area (Å²) in [5.41, 5.74) is 16.2. The highest BCUT2D eigenvalue weighted by Crippen LogP contribution is 2.40.